The summed E-state index contributed by atoms with van der Waals surface area (Å²) in [6.07, 6.45) is 3.95. The van der Waals surface area contributed by atoms with Gasteiger partial charge in [-0.25, -0.2) is 9.97 Å². The van der Waals surface area contributed by atoms with E-state index in [1.165, 1.54) is 72.3 Å². The third-order valence-electron chi connectivity index (χ3n) is 12.0. The highest BCUT2D eigenvalue weighted by Crippen LogP contribution is 2.59. The Morgan fingerprint density at radius 1 is 0.379 bits per heavy atom. The fourth-order valence-electron chi connectivity index (χ4n) is 9.11. The van der Waals surface area contributed by atoms with Crippen molar-refractivity contribution in [2.75, 3.05) is 0 Å². The largest absolute Gasteiger partial charge is 0.264 e. The summed E-state index contributed by atoms with van der Waals surface area (Å²) in [5, 5.41) is 0. The average molecular weight is 744 g/mol. The zero-order valence-electron chi connectivity index (χ0n) is 32.8. The summed E-state index contributed by atoms with van der Waals surface area (Å²) in [4.78, 5) is 14.7. The van der Waals surface area contributed by atoms with E-state index in [9.17, 15) is 0 Å². The second kappa shape index (κ2) is 14.4. The molecule has 0 N–H and O–H groups in total. The van der Waals surface area contributed by atoms with Gasteiger partial charge >= 0.3 is 0 Å². The Balaban J connectivity index is 1.21. The normalized spacial score (nSPS) is 12.5. The topological polar surface area (TPSA) is 38.7 Å². The van der Waals surface area contributed by atoms with E-state index in [4.69, 9.17) is 9.97 Å². The SMILES string of the molecule is Cc1nc(-c2ccc(-c3ccccc3)cc2)cc(-c2cccc3c2-c2ccc(-c4ccccc4-c4cncc(C)c4C)cc2C3(c2ccccc2)c2ccccc2)n1. The minimum Gasteiger partial charge on any atom is -0.264 e. The summed E-state index contributed by atoms with van der Waals surface area (Å²) in [6, 6.07) is 66.0. The first kappa shape index (κ1) is 35.2. The fraction of sp³-hybridized carbons (Fsp3) is 0.0727. The van der Waals surface area contributed by atoms with E-state index in [-0.39, 0.29) is 0 Å². The summed E-state index contributed by atoms with van der Waals surface area (Å²) in [5.74, 6) is 0.737. The molecule has 0 aliphatic heterocycles. The molecule has 2 aromatic heterocycles. The molecule has 58 heavy (non-hydrogen) atoms. The summed E-state index contributed by atoms with van der Waals surface area (Å²) in [7, 11) is 0. The van der Waals surface area contributed by atoms with Crippen LogP contribution in [0.15, 0.2) is 194 Å². The molecular formula is C55H41N3. The zero-order chi connectivity index (χ0) is 39.2. The highest BCUT2D eigenvalue weighted by molar-refractivity contribution is 5.97. The maximum absolute atomic E-state index is 5.15. The Hall–Kier alpha value is -7.23. The monoisotopic (exact) mass is 743 g/mol. The van der Waals surface area contributed by atoms with Gasteiger partial charge in [0.05, 0.1) is 16.8 Å². The van der Waals surface area contributed by atoms with Gasteiger partial charge in [-0.05, 0) is 105 Å². The number of pyridine rings is 1. The van der Waals surface area contributed by atoms with Gasteiger partial charge in [-0.15, -0.1) is 0 Å². The molecule has 276 valence electrons. The van der Waals surface area contributed by atoms with Crippen LogP contribution in [0.5, 0.6) is 0 Å². The summed E-state index contributed by atoms with van der Waals surface area (Å²) in [5.41, 5.74) is 20.2. The fourth-order valence-corrected chi connectivity index (χ4v) is 9.11. The van der Waals surface area contributed by atoms with Gasteiger partial charge in [0.15, 0.2) is 0 Å². The van der Waals surface area contributed by atoms with Crippen LogP contribution < -0.4 is 0 Å². The molecule has 9 aromatic rings. The van der Waals surface area contributed by atoms with Crippen molar-refractivity contribution >= 4 is 0 Å². The van der Waals surface area contributed by atoms with E-state index >= 15 is 0 Å². The number of benzene rings is 7. The Labute approximate surface area is 340 Å². The van der Waals surface area contributed by atoms with Gasteiger partial charge in [0, 0.05) is 29.1 Å². The smallest absolute Gasteiger partial charge is 0.126 e. The molecule has 0 spiro atoms. The third kappa shape index (κ3) is 5.78. The molecule has 0 bridgehead atoms. The maximum Gasteiger partial charge on any atom is 0.126 e. The van der Waals surface area contributed by atoms with Crippen molar-refractivity contribution in [2.45, 2.75) is 26.2 Å². The van der Waals surface area contributed by atoms with Crippen LogP contribution in [-0.2, 0) is 5.41 Å². The van der Waals surface area contributed by atoms with E-state index in [2.05, 4.69) is 201 Å². The Kier molecular flexibility index (Phi) is 8.72. The average Bonchev–Trinajstić information content (AvgIpc) is 3.59. The van der Waals surface area contributed by atoms with Crippen LogP contribution in [0.3, 0.4) is 0 Å². The van der Waals surface area contributed by atoms with Gasteiger partial charge in [-0.2, -0.15) is 0 Å². The van der Waals surface area contributed by atoms with Crippen molar-refractivity contribution in [2.24, 2.45) is 0 Å². The molecule has 10 rings (SSSR count). The van der Waals surface area contributed by atoms with Crippen LogP contribution in [-0.4, -0.2) is 15.0 Å². The first-order valence-corrected chi connectivity index (χ1v) is 19.9. The molecule has 0 saturated carbocycles. The van der Waals surface area contributed by atoms with Crippen molar-refractivity contribution < 1.29 is 0 Å². The molecule has 2 heterocycles. The second-order valence-corrected chi connectivity index (χ2v) is 15.3. The molecule has 0 fully saturated rings. The van der Waals surface area contributed by atoms with Gasteiger partial charge in [0.2, 0.25) is 0 Å². The molecule has 0 atom stereocenters. The number of aromatic nitrogens is 3. The lowest BCUT2D eigenvalue weighted by Gasteiger charge is -2.34. The van der Waals surface area contributed by atoms with E-state index in [0.29, 0.717) is 0 Å². The van der Waals surface area contributed by atoms with E-state index in [0.717, 1.165) is 33.9 Å². The molecule has 3 nitrogen and oxygen atoms in total. The van der Waals surface area contributed by atoms with Crippen molar-refractivity contribution in [3.8, 4) is 67.0 Å². The van der Waals surface area contributed by atoms with Gasteiger partial charge in [0.25, 0.3) is 0 Å². The molecular weight excluding hydrogens is 703 g/mol. The lowest BCUT2D eigenvalue weighted by atomic mass is 9.67. The molecule has 0 amide bonds. The van der Waals surface area contributed by atoms with Gasteiger partial charge < -0.3 is 0 Å². The Morgan fingerprint density at radius 3 is 1.66 bits per heavy atom. The quantitative estimate of drug-likeness (QED) is 0.163. The lowest BCUT2D eigenvalue weighted by molar-refractivity contribution is 0.769. The molecule has 1 aliphatic rings. The number of hydrogen-bond acceptors (Lipinski definition) is 3. The minimum absolute atomic E-state index is 0.590. The highest BCUT2D eigenvalue weighted by atomic mass is 14.9. The van der Waals surface area contributed by atoms with E-state index in [1.807, 2.05) is 19.3 Å². The first-order chi connectivity index (χ1) is 28.5. The Bertz CT molecular complexity index is 2910. The molecule has 3 heteroatoms. The minimum atomic E-state index is -0.590. The van der Waals surface area contributed by atoms with Crippen LogP contribution in [0, 0.1) is 20.8 Å². The molecule has 1 aliphatic carbocycles. The van der Waals surface area contributed by atoms with Crippen molar-refractivity contribution in [1.82, 2.24) is 15.0 Å². The summed E-state index contributed by atoms with van der Waals surface area (Å²) >= 11 is 0. The predicted octanol–water partition coefficient (Wildman–Crippen LogP) is 13.5. The van der Waals surface area contributed by atoms with Crippen LogP contribution >= 0.6 is 0 Å². The van der Waals surface area contributed by atoms with Crippen LogP contribution in [0.25, 0.3) is 67.0 Å². The van der Waals surface area contributed by atoms with Crippen LogP contribution in [0.4, 0.5) is 0 Å². The van der Waals surface area contributed by atoms with Crippen molar-refractivity contribution in [1.29, 1.82) is 0 Å². The van der Waals surface area contributed by atoms with Gasteiger partial charge in [-0.1, -0.05) is 170 Å². The number of rotatable bonds is 7. The van der Waals surface area contributed by atoms with Crippen molar-refractivity contribution in [3.05, 3.63) is 234 Å². The number of fused-ring (bicyclic) bond motifs is 3. The standard InChI is InChI=1S/C55H41N3/c1-36-34-56-35-49(37(36)2)46-23-14-13-22-45(46)42-30-31-47-51(32-42)55(43-18-9-5-10-19-43,44-20-11-6-12-21-44)50-25-15-24-48(54(47)50)53-33-52(57-38(3)58-53)41-28-26-40(27-29-41)39-16-7-4-8-17-39/h4-35H,1-3H3. The molecule has 0 radical (unpaired) electrons. The highest BCUT2D eigenvalue weighted by Gasteiger charge is 2.47. The molecule has 0 saturated heterocycles. The second-order valence-electron chi connectivity index (χ2n) is 15.3. The van der Waals surface area contributed by atoms with Crippen LogP contribution in [0.1, 0.15) is 39.2 Å². The first-order valence-electron chi connectivity index (χ1n) is 19.9. The summed E-state index contributed by atoms with van der Waals surface area (Å²) in [6.45, 7) is 6.33. The van der Waals surface area contributed by atoms with Gasteiger partial charge in [-0.3, -0.25) is 4.98 Å². The predicted molar refractivity (Wildman–Crippen MR) is 239 cm³/mol. The summed E-state index contributed by atoms with van der Waals surface area (Å²) < 4.78 is 0. The number of hydrogen-bond donors (Lipinski definition) is 0. The molecule has 0 unspecified atom stereocenters. The lowest BCUT2D eigenvalue weighted by Crippen LogP contribution is -2.28. The van der Waals surface area contributed by atoms with Crippen LogP contribution in [0.2, 0.25) is 0 Å². The Morgan fingerprint density at radius 2 is 0.948 bits per heavy atom. The molecule has 7 aromatic carbocycles. The van der Waals surface area contributed by atoms with Crippen molar-refractivity contribution in [3.63, 3.8) is 0 Å². The maximum atomic E-state index is 5.15. The van der Waals surface area contributed by atoms with E-state index in [1.54, 1.807) is 0 Å². The van der Waals surface area contributed by atoms with Gasteiger partial charge in [0.1, 0.15) is 5.82 Å². The third-order valence-corrected chi connectivity index (χ3v) is 12.0. The number of aryl methyl sites for hydroxylation is 2. The zero-order valence-corrected chi connectivity index (χ0v) is 32.8. The number of nitrogens with zero attached hydrogens (tertiary/aromatic N) is 3. The van der Waals surface area contributed by atoms with E-state index < -0.39 is 5.41 Å².